The number of nitrogens with zero attached hydrogens (tertiary/aromatic N) is 2. The van der Waals surface area contributed by atoms with Crippen molar-refractivity contribution in [3.05, 3.63) is 52.7 Å². The molecule has 1 amide bonds. The van der Waals surface area contributed by atoms with E-state index in [-0.39, 0.29) is 11.9 Å². The van der Waals surface area contributed by atoms with Crippen LogP contribution in [-0.2, 0) is 4.79 Å². The van der Waals surface area contributed by atoms with Crippen molar-refractivity contribution in [2.45, 2.75) is 18.9 Å². The van der Waals surface area contributed by atoms with Gasteiger partial charge >= 0.3 is 0 Å². The predicted molar refractivity (Wildman–Crippen MR) is 101 cm³/mol. The van der Waals surface area contributed by atoms with Crippen LogP contribution in [0.4, 0.5) is 6.01 Å². The molecular formula is C19H19N3O2S. The molecular weight excluding hydrogens is 334 g/mol. The van der Waals surface area contributed by atoms with Crippen molar-refractivity contribution in [1.29, 1.82) is 0 Å². The van der Waals surface area contributed by atoms with Gasteiger partial charge in [-0.25, -0.2) is 0 Å². The average Bonchev–Trinajstić information content (AvgIpc) is 3.37. The van der Waals surface area contributed by atoms with E-state index in [4.69, 9.17) is 4.42 Å². The summed E-state index contributed by atoms with van der Waals surface area (Å²) in [6.45, 7) is 1.49. The monoisotopic (exact) mass is 353 g/mol. The molecule has 3 aromatic rings. The first-order valence-electron chi connectivity index (χ1n) is 8.41. The number of carbonyl (C=O) groups is 1. The molecule has 0 radical (unpaired) electrons. The van der Waals surface area contributed by atoms with E-state index in [0.717, 1.165) is 35.4 Å². The van der Waals surface area contributed by atoms with Gasteiger partial charge in [0.15, 0.2) is 5.58 Å². The van der Waals surface area contributed by atoms with Gasteiger partial charge in [0.1, 0.15) is 5.52 Å². The van der Waals surface area contributed by atoms with Gasteiger partial charge < -0.3 is 14.6 Å². The molecule has 1 fully saturated rings. The summed E-state index contributed by atoms with van der Waals surface area (Å²) in [5, 5.41) is 4.98. The lowest BCUT2D eigenvalue weighted by atomic mass is 10.2. The van der Waals surface area contributed by atoms with Crippen LogP contribution in [-0.4, -0.2) is 30.0 Å². The number of thiophene rings is 1. The van der Waals surface area contributed by atoms with Crippen LogP contribution in [0.25, 0.3) is 17.2 Å². The summed E-state index contributed by atoms with van der Waals surface area (Å²) >= 11 is 1.61. The summed E-state index contributed by atoms with van der Waals surface area (Å²) in [6, 6.07) is 12.6. The van der Waals surface area contributed by atoms with Crippen LogP contribution in [0.3, 0.4) is 0 Å². The molecule has 5 nitrogen and oxygen atoms in total. The van der Waals surface area contributed by atoms with E-state index in [1.54, 1.807) is 17.4 Å². The minimum atomic E-state index is -0.0715. The second-order valence-electron chi connectivity index (χ2n) is 6.05. The summed E-state index contributed by atoms with van der Waals surface area (Å²) < 4.78 is 5.87. The Hall–Kier alpha value is -2.60. The number of oxazole rings is 1. The van der Waals surface area contributed by atoms with E-state index in [1.807, 2.05) is 47.9 Å². The molecule has 4 rings (SSSR count). The molecule has 1 atom stereocenters. The molecule has 1 unspecified atom stereocenters. The summed E-state index contributed by atoms with van der Waals surface area (Å²) in [7, 11) is 0. The number of hydrogen-bond acceptors (Lipinski definition) is 5. The van der Waals surface area contributed by atoms with E-state index in [1.165, 1.54) is 0 Å². The third-order valence-corrected chi connectivity index (χ3v) is 5.20. The molecule has 0 spiro atoms. The highest BCUT2D eigenvalue weighted by Crippen LogP contribution is 2.27. The van der Waals surface area contributed by atoms with Crippen molar-refractivity contribution in [1.82, 2.24) is 10.3 Å². The summed E-state index contributed by atoms with van der Waals surface area (Å²) in [4.78, 5) is 19.8. The quantitative estimate of drug-likeness (QED) is 0.711. The number of anilines is 1. The predicted octanol–water partition coefficient (Wildman–Crippen LogP) is 3.69. The van der Waals surface area contributed by atoms with Gasteiger partial charge in [0.2, 0.25) is 5.91 Å². The number of rotatable bonds is 5. The first-order valence-corrected chi connectivity index (χ1v) is 9.29. The number of benzene rings is 1. The van der Waals surface area contributed by atoms with Crippen LogP contribution in [0.1, 0.15) is 17.7 Å². The minimum absolute atomic E-state index is 0.0715. The van der Waals surface area contributed by atoms with Crippen molar-refractivity contribution in [2.24, 2.45) is 0 Å². The normalized spacial score (nSPS) is 17.6. The lowest BCUT2D eigenvalue weighted by Crippen LogP contribution is -2.39. The molecule has 0 bridgehead atoms. The molecule has 25 heavy (non-hydrogen) atoms. The van der Waals surface area contributed by atoms with Gasteiger partial charge in [-0.15, -0.1) is 11.3 Å². The molecule has 2 aromatic heterocycles. The van der Waals surface area contributed by atoms with Gasteiger partial charge in [0, 0.05) is 24.0 Å². The Morgan fingerprint density at radius 2 is 2.28 bits per heavy atom. The Bertz CT molecular complexity index is 852. The van der Waals surface area contributed by atoms with Gasteiger partial charge in [-0.2, -0.15) is 4.98 Å². The lowest BCUT2D eigenvalue weighted by molar-refractivity contribution is -0.116. The molecule has 1 aromatic carbocycles. The second kappa shape index (κ2) is 7.11. The number of carbonyl (C=O) groups excluding carboxylic acids is 1. The van der Waals surface area contributed by atoms with Crippen LogP contribution in [0.5, 0.6) is 0 Å². The van der Waals surface area contributed by atoms with Crippen LogP contribution < -0.4 is 10.2 Å². The Kier molecular flexibility index (Phi) is 4.52. The highest BCUT2D eigenvalue weighted by atomic mass is 32.1. The van der Waals surface area contributed by atoms with Crippen molar-refractivity contribution in [2.75, 3.05) is 18.0 Å². The van der Waals surface area contributed by atoms with E-state index in [9.17, 15) is 4.79 Å². The van der Waals surface area contributed by atoms with Gasteiger partial charge in [-0.05, 0) is 42.5 Å². The molecule has 0 aliphatic carbocycles. The molecule has 3 heterocycles. The highest BCUT2D eigenvalue weighted by Gasteiger charge is 2.28. The molecule has 6 heteroatoms. The Morgan fingerprint density at radius 3 is 3.12 bits per heavy atom. The Labute approximate surface area is 150 Å². The Balaban J connectivity index is 1.39. The van der Waals surface area contributed by atoms with Crippen LogP contribution in [0.15, 0.2) is 52.3 Å². The van der Waals surface area contributed by atoms with Gasteiger partial charge in [-0.1, -0.05) is 18.2 Å². The van der Waals surface area contributed by atoms with Crippen LogP contribution in [0.2, 0.25) is 0 Å². The second-order valence-corrected chi connectivity index (χ2v) is 7.03. The SMILES string of the molecule is O=C(/C=C/c1cccs1)NCC1CCCN1c1nc2ccccc2o1. The zero-order chi connectivity index (χ0) is 17.1. The lowest BCUT2D eigenvalue weighted by Gasteiger charge is -2.22. The minimum Gasteiger partial charge on any atom is -0.423 e. The van der Waals surface area contributed by atoms with E-state index < -0.39 is 0 Å². The maximum atomic E-state index is 12.0. The fraction of sp³-hybridized carbons (Fsp3) is 0.263. The summed E-state index contributed by atoms with van der Waals surface area (Å²) in [5.41, 5.74) is 1.66. The van der Waals surface area contributed by atoms with Crippen LogP contribution >= 0.6 is 11.3 Å². The molecule has 1 saturated heterocycles. The molecule has 128 valence electrons. The standard InChI is InChI=1S/C19H19N3O2S/c23-18(10-9-15-6-4-12-25-15)20-13-14-5-3-11-22(14)19-21-16-7-1-2-8-17(16)24-19/h1-2,4,6-10,12,14H,3,5,11,13H2,(H,20,23)/b10-9+. The van der Waals surface area contributed by atoms with Crippen molar-refractivity contribution in [3.8, 4) is 0 Å². The fourth-order valence-corrected chi connectivity index (χ4v) is 3.72. The molecule has 1 N–H and O–H groups in total. The first-order chi connectivity index (χ1) is 12.3. The van der Waals surface area contributed by atoms with Crippen molar-refractivity contribution >= 4 is 40.4 Å². The highest BCUT2D eigenvalue weighted by molar-refractivity contribution is 7.10. The van der Waals surface area contributed by atoms with Crippen LogP contribution in [0, 0.1) is 0 Å². The number of nitrogens with one attached hydrogen (secondary N) is 1. The zero-order valence-corrected chi connectivity index (χ0v) is 14.5. The van der Waals surface area contributed by atoms with Gasteiger partial charge in [0.25, 0.3) is 6.01 Å². The molecule has 0 saturated carbocycles. The maximum Gasteiger partial charge on any atom is 0.298 e. The number of para-hydroxylation sites is 2. The smallest absolute Gasteiger partial charge is 0.298 e. The number of hydrogen-bond donors (Lipinski definition) is 1. The van der Waals surface area contributed by atoms with E-state index >= 15 is 0 Å². The fourth-order valence-electron chi connectivity index (χ4n) is 3.10. The maximum absolute atomic E-state index is 12.0. The number of fused-ring (bicyclic) bond motifs is 1. The average molecular weight is 353 g/mol. The third-order valence-electron chi connectivity index (χ3n) is 4.36. The van der Waals surface area contributed by atoms with Gasteiger partial charge in [-0.3, -0.25) is 4.79 Å². The van der Waals surface area contributed by atoms with E-state index in [0.29, 0.717) is 12.6 Å². The summed E-state index contributed by atoms with van der Waals surface area (Å²) in [6.07, 6.45) is 5.52. The third kappa shape index (κ3) is 3.58. The zero-order valence-electron chi connectivity index (χ0n) is 13.7. The number of aromatic nitrogens is 1. The number of amides is 1. The summed E-state index contributed by atoms with van der Waals surface area (Å²) in [5.74, 6) is -0.0715. The molecule has 1 aliphatic rings. The first kappa shape index (κ1) is 15.9. The largest absolute Gasteiger partial charge is 0.423 e. The van der Waals surface area contributed by atoms with Crippen molar-refractivity contribution < 1.29 is 9.21 Å². The molecule has 1 aliphatic heterocycles. The van der Waals surface area contributed by atoms with E-state index in [2.05, 4.69) is 15.2 Å². The van der Waals surface area contributed by atoms with Crippen molar-refractivity contribution in [3.63, 3.8) is 0 Å². The topological polar surface area (TPSA) is 58.4 Å². The Morgan fingerprint density at radius 1 is 1.36 bits per heavy atom. The van der Waals surface area contributed by atoms with Gasteiger partial charge in [0.05, 0.1) is 6.04 Å².